The second-order valence-corrected chi connectivity index (χ2v) is 27.1. The molecule has 9 nitrogen and oxygen atoms in total. The van der Waals surface area contributed by atoms with Gasteiger partial charge in [0.1, 0.15) is 0 Å². The minimum Gasteiger partial charge on any atom is -0.416 e. The van der Waals surface area contributed by atoms with E-state index in [-0.39, 0.29) is 0 Å². The number of ether oxygens (including phenoxy) is 1. The maximum Gasteiger partial charge on any atom is 0.320 e. The van der Waals surface area contributed by atoms with E-state index in [2.05, 4.69) is 11.9 Å². The van der Waals surface area contributed by atoms with Crippen LogP contribution < -0.4 is 11.1 Å². The number of nitrogens with one attached hydrogen (secondary N) is 1. The molecule has 0 rings (SSSR count). The molecule has 0 amide bonds. The predicted octanol–water partition coefficient (Wildman–Crippen LogP) is 2.26. The molecule has 0 radical (unpaired) electrons. The molecule has 0 spiro atoms. The maximum absolute atomic E-state index is 10.5. The largest absolute Gasteiger partial charge is 0.416 e. The van der Waals surface area contributed by atoms with E-state index in [1.807, 2.05) is 19.6 Å². The van der Waals surface area contributed by atoms with Gasteiger partial charge in [-0.05, 0) is 83.9 Å². The van der Waals surface area contributed by atoms with Crippen molar-refractivity contribution >= 4 is 42.8 Å². The second-order valence-electron chi connectivity index (χ2n) is 9.71. The van der Waals surface area contributed by atoms with Crippen LogP contribution in [0.4, 0.5) is 0 Å². The number of nitrogens with two attached hydrogens (primary N) is 1. The molecule has 0 saturated heterocycles. The van der Waals surface area contributed by atoms with Crippen molar-refractivity contribution in [3.63, 3.8) is 0 Å². The lowest BCUT2D eigenvalue weighted by Crippen LogP contribution is -2.61. The molecule has 0 heterocycles. The van der Waals surface area contributed by atoms with Gasteiger partial charge in [0, 0.05) is 26.8 Å². The number of rotatable bonds is 18. The van der Waals surface area contributed by atoms with Gasteiger partial charge in [-0.1, -0.05) is 0 Å². The fourth-order valence-corrected chi connectivity index (χ4v) is 25.4. The molecule has 188 valence electrons. The van der Waals surface area contributed by atoms with Crippen LogP contribution in [-0.4, -0.2) is 85.7 Å². The van der Waals surface area contributed by atoms with Crippen LogP contribution in [0.5, 0.6) is 0 Å². The summed E-state index contributed by atoms with van der Waals surface area (Å²) in [5.74, 6) is 0. The molecule has 0 fully saturated rings. The highest BCUT2D eigenvalue weighted by Crippen LogP contribution is 2.31. The number of hydrogen-bond donors (Lipinski definition) is 4. The number of hydrogen-bond acceptors (Lipinski definition) is 9. The molecule has 5 N–H and O–H groups in total. The average Bonchev–Trinajstić information content (AvgIpc) is 2.49. The summed E-state index contributed by atoms with van der Waals surface area (Å²) < 4.78 is 30.9. The molecule has 1 unspecified atom stereocenters. The van der Waals surface area contributed by atoms with Crippen LogP contribution in [0.1, 0.15) is 12.8 Å². The van der Waals surface area contributed by atoms with Crippen molar-refractivity contribution in [2.75, 3.05) is 33.4 Å². The molecule has 0 aliphatic heterocycles. The molecule has 0 aliphatic carbocycles. The third kappa shape index (κ3) is 16.9. The van der Waals surface area contributed by atoms with Gasteiger partial charge >= 0.3 is 42.8 Å². The Kier molecular flexibility index (Phi) is 13.9. The van der Waals surface area contributed by atoms with Crippen LogP contribution in [0.3, 0.4) is 0 Å². The second kappa shape index (κ2) is 13.6. The molecule has 2 atom stereocenters. The van der Waals surface area contributed by atoms with Crippen LogP contribution in [0.25, 0.3) is 0 Å². The topological polar surface area (TPSA) is 125 Å². The molecule has 0 saturated carbocycles. The van der Waals surface area contributed by atoms with E-state index < -0.39 is 42.8 Å². The summed E-state index contributed by atoms with van der Waals surface area (Å²) in [4.78, 5) is 20.8. The van der Waals surface area contributed by atoms with Crippen molar-refractivity contribution in [2.24, 2.45) is 5.73 Å². The van der Waals surface area contributed by atoms with Crippen molar-refractivity contribution in [3.8, 4) is 0 Å². The highest BCUT2D eigenvalue weighted by Gasteiger charge is 2.49. The summed E-state index contributed by atoms with van der Waals surface area (Å²) in [6.45, 7) is 17.8. The molecule has 0 aromatic heterocycles. The molecule has 0 bridgehead atoms. The Morgan fingerprint density at radius 1 is 0.710 bits per heavy atom. The van der Waals surface area contributed by atoms with Crippen LogP contribution >= 0.6 is 0 Å². The van der Waals surface area contributed by atoms with Crippen LogP contribution in [0, 0.1) is 0 Å². The zero-order chi connectivity index (χ0) is 24.4. The quantitative estimate of drug-likeness (QED) is 0.155. The molecular formula is C17H48N2O7Si5. The normalized spacial score (nSPS) is 17.4. The van der Waals surface area contributed by atoms with E-state index in [0.717, 1.165) is 32.0 Å². The fourth-order valence-electron chi connectivity index (χ4n) is 3.67. The first-order chi connectivity index (χ1) is 13.9. The van der Waals surface area contributed by atoms with Gasteiger partial charge < -0.3 is 41.8 Å². The standard InChI is InChI=1S/C17H48N2O7Si5/c1-22-15-11-17-30(8,24-28(4,5)21)26-31(9,16-10-13-19-14-12-18)25-29(6,7)23-27(2,3)20/h19-21H,10-18H2,1-9H3/t30?,31-/m1/s1. The predicted molar refractivity (Wildman–Crippen MR) is 137 cm³/mol. The van der Waals surface area contributed by atoms with E-state index in [4.69, 9.17) is 26.9 Å². The summed E-state index contributed by atoms with van der Waals surface area (Å²) in [7, 11) is -12.0. The fraction of sp³-hybridized carbons (Fsp3) is 1.00. The molecule has 14 heteroatoms. The van der Waals surface area contributed by atoms with E-state index in [1.54, 1.807) is 33.3 Å². The first-order valence-electron chi connectivity index (χ1n) is 11.1. The lowest BCUT2D eigenvalue weighted by atomic mass is 10.5. The SMILES string of the molecule is COCCC[Si](C)(O[Si](C)(C)O)O[Si@](C)(CCCNCCN)O[Si](C)(C)O[Si](C)(C)O. The van der Waals surface area contributed by atoms with Crippen LogP contribution in [0.2, 0.25) is 64.5 Å². The monoisotopic (exact) mass is 532 g/mol. The van der Waals surface area contributed by atoms with Gasteiger partial charge in [-0.3, -0.25) is 0 Å². The van der Waals surface area contributed by atoms with Gasteiger partial charge in [-0.2, -0.15) is 0 Å². The first kappa shape index (κ1) is 31.7. The van der Waals surface area contributed by atoms with Gasteiger partial charge in [-0.15, -0.1) is 0 Å². The Morgan fingerprint density at radius 3 is 1.71 bits per heavy atom. The van der Waals surface area contributed by atoms with Crippen molar-refractivity contribution in [2.45, 2.75) is 77.3 Å². The zero-order valence-electron chi connectivity index (χ0n) is 21.2. The third-order valence-electron chi connectivity index (χ3n) is 4.14. The van der Waals surface area contributed by atoms with Gasteiger partial charge in [0.2, 0.25) is 0 Å². The molecule has 0 aliphatic rings. The van der Waals surface area contributed by atoms with Gasteiger partial charge in [0.05, 0.1) is 0 Å². The molecule has 0 aromatic rings. The van der Waals surface area contributed by atoms with E-state index >= 15 is 0 Å². The lowest BCUT2D eigenvalue weighted by molar-refractivity contribution is 0.194. The molecule has 0 aromatic carbocycles. The zero-order valence-corrected chi connectivity index (χ0v) is 26.2. The van der Waals surface area contributed by atoms with E-state index in [0.29, 0.717) is 19.2 Å². The Balaban J connectivity index is 5.61. The maximum atomic E-state index is 10.5. The Hall–Kier alpha value is 0.724. The Bertz CT molecular complexity index is 508. The summed E-state index contributed by atoms with van der Waals surface area (Å²) in [5.41, 5.74) is 5.56. The van der Waals surface area contributed by atoms with Crippen molar-refractivity contribution in [1.82, 2.24) is 5.32 Å². The highest BCUT2D eigenvalue weighted by atomic mass is 28.5. The summed E-state index contributed by atoms with van der Waals surface area (Å²) in [6.07, 6.45) is 1.66. The van der Waals surface area contributed by atoms with Crippen LogP contribution in [-0.2, 0) is 21.2 Å². The Morgan fingerprint density at radius 2 is 1.23 bits per heavy atom. The highest BCUT2D eigenvalue weighted by molar-refractivity contribution is 6.89. The summed E-state index contributed by atoms with van der Waals surface area (Å²) >= 11 is 0. The van der Waals surface area contributed by atoms with Gasteiger partial charge in [-0.25, -0.2) is 0 Å². The van der Waals surface area contributed by atoms with Gasteiger partial charge in [0.15, 0.2) is 0 Å². The minimum atomic E-state index is -2.82. The van der Waals surface area contributed by atoms with Crippen molar-refractivity contribution in [3.05, 3.63) is 0 Å². The summed E-state index contributed by atoms with van der Waals surface area (Å²) in [6, 6.07) is 1.46. The third-order valence-corrected chi connectivity index (χ3v) is 21.5. The Labute approximate surface area is 195 Å². The van der Waals surface area contributed by atoms with E-state index in [1.165, 1.54) is 0 Å². The van der Waals surface area contributed by atoms with Crippen molar-refractivity contribution in [1.29, 1.82) is 0 Å². The van der Waals surface area contributed by atoms with Crippen LogP contribution in [0.15, 0.2) is 0 Å². The van der Waals surface area contributed by atoms with E-state index in [9.17, 15) is 9.59 Å². The lowest BCUT2D eigenvalue weighted by Gasteiger charge is -2.43. The molecule has 31 heavy (non-hydrogen) atoms. The average molecular weight is 533 g/mol. The smallest absolute Gasteiger partial charge is 0.320 e. The molecular weight excluding hydrogens is 485 g/mol. The van der Waals surface area contributed by atoms with Gasteiger partial charge in [0.25, 0.3) is 0 Å². The minimum absolute atomic E-state index is 0.597. The number of methoxy groups -OCH3 is 1. The van der Waals surface area contributed by atoms with Crippen molar-refractivity contribution < 1.29 is 30.8 Å². The first-order valence-corrected chi connectivity index (χ1v) is 24.7. The summed E-state index contributed by atoms with van der Waals surface area (Å²) in [5, 5.41) is 3.32.